The number of para-hydroxylation sites is 2. The fraction of sp³-hybridized carbons (Fsp3) is 0.120. The molecule has 32 heavy (non-hydrogen) atoms. The number of ether oxygens (including phenoxy) is 1. The number of fused-ring (bicyclic) bond motifs is 1. The minimum Gasteiger partial charge on any atom is -0.503 e. The van der Waals surface area contributed by atoms with Crippen LogP contribution in [0.5, 0.6) is 5.75 Å². The third-order valence-electron chi connectivity index (χ3n) is 5.54. The average molecular weight is 429 g/mol. The maximum absolute atomic E-state index is 13.5. The molecule has 1 aliphatic heterocycles. The fourth-order valence-electron chi connectivity index (χ4n) is 4.06. The summed E-state index contributed by atoms with van der Waals surface area (Å²) < 4.78 is 16.6. The van der Waals surface area contributed by atoms with E-state index in [1.54, 1.807) is 54.6 Å². The van der Waals surface area contributed by atoms with Crippen LogP contribution >= 0.6 is 0 Å². The van der Waals surface area contributed by atoms with Crippen LogP contribution in [0.4, 0.5) is 0 Å². The highest BCUT2D eigenvalue weighted by molar-refractivity contribution is 6.16. The van der Waals surface area contributed by atoms with Gasteiger partial charge >= 0.3 is 0 Å². The van der Waals surface area contributed by atoms with Gasteiger partial charge in [-0.3, -0.25) is 9.59 Å². The van der Waals surface area contributed by atoms with E-state index in [1.807, 2.05) is 12.1 Å². The first-order valence-corrected chi connectivity index (χ1v) is 10.0. The molecule has 0 saturated heterocycles. The van der Waals surface area contributed by atoms with Crippen molar-refractivity contribution < 1.29 is 28.3 Å². The van der Waals surface area contributed by atoms with E-state index < -0.39 is 23.5 Å². The first-order valence-electron chi connectivity index (χ1n) is 10.0. The predicted octanol–water partition coefficient (Wildman–Crippen LogP) is 4.81. The highest BCUT2D eigenvalue weighted by Crippen LogP contribution is 2.43. The summed E-state index contributed by atoms with van der Waals surface area (Å²) in [5, 5.41) is 11.6. The van der Waals surface area contributed by atoms with Crippen LogP contribution in [0.2, 0.25) is 0 Å². The zero-order valence-corrected chi connectivity index (χ0v) is 17.1. The van der Waals surface area contributed by atoms with Crippen molar-refractivity contribution in [2.24, 2.45) is 0 Å². The van der Waals surface area contributed by atoms with Crippen LogP contribution in [0.1, 0.15) is 27.9 Å². The van der Waals surface area contributed by atoms with Crippen molar-refractivity contribution in [3.8, 4) is 5.75 Å². The van der Waals surface area contributed by atoms with Crippen LogP contribution in [-0.2, 0) is 11.3 Å². The van der Waals surface area contributed by atoms with Crippen LogP contribution in [-0.4, -0.2) is 28.8 Å². The van der Waals surface area contributed by atoms with Crippen LogP contribution in [0, 0.1) is 0 Å². The van der Waals surface area contributed by atoms with Gasteiger partial charge in [0, 0.05) is 10.9 Å². The molecule has 0 spiro atoms. The Morgan fingerprint density at radius 2 is 1.88 bits per heavy atom. The summed E-state index contributed by atoms with van der Waals surface area (Å²) in [7, 11) is 1.51. The van der Waals surface area contributed by atoms with Crippen molar-refractivity contribution >= 4 is 22.7 Å². The maximum Gasteiger partial charge on any atom is 0.290 e. The van der Waals surface area contributed by atoms with E-state index in [9.17, 15) is 14.7 Å². The van der Waals surface area contributed by atoms with E-state index in [-0.39, 0.29) is 17.9 Å². The highest BCUT2D eigenvalue weighted by atomic mass is 16.5. The van der Waals surface area contributed by atoms with Crippen LogP contribution < -0.4 is 4.74 Å². The Kier molecular flexibility index (Phi) is 4.78. The lowest BCUT2D eigenvalue weighted by Crippen LogP contribution is -2.30. The molecule has 0 saturated carbocycles. The first-order chi connectivity index (χ1) is 15.6. The molecule has 0 fully saturated rings. The molecule has 1 amide bonds. The summed E-state index contributed by atoms with van der Waals surface area (Å²) in [4.78, 5) is 28.0. The lowest BCUT2D eigenvalue weighted by atomic mass is 9.94. The zero-order chi connectivity index (χ0) is 22.2. The van der Waals surface area contributed by atoms with Gasteiger partial charge in [-0.15, -0.1) is 0 Å². The van der Waals surface area contributed by atoms with Gasteiger partial charge in [0.05, 0.1) is 31.5 Å². The summed E-state index contributed by atoms with van der Waals surface area (Å²) in [6.07, 6.45) is 1.50. The summed E-state index contributed by atoms with van der Waals surface area (Å²) in [5.41, 5.74) is 1.05. The second kappa shape index (κ2) is 7.77. The Hall–Kier alpha value is -4.26. The topological polar surface area (TPSA) is 93.1 Å². The second-order valence-electron chi connectivity index (χ2n) is 7.40. The number of rotatable bonds is 6. The van der Waals surface area contributed by atoms with Gasteiger partial charge in [-0.05, 0) is 30.3 Å². The summed E-state index contributed by atoms with van der Waals surface area (Å²) in [5.74, 6) is -0.803. The highest BCUT2D eigenvalue weighted by Gasteiger charge is 2.45. The number of methoxy groups -OCH3 is 1. The number of nitrogens with zero attached hydrogens (tertiary/aromatic N) is 1. The van der Waals surface area contributed by atoms with E-state index in [1.165, 1.54) is 18.3 Å². The normalized spacial score (nSPS) is 16.2. The smallest absolute Gasteiger partial charge is 0.290 e. The van der Waals surface area contributed by atoms with Gasteiger partial charge < -0.3 is 23.6 Å². The maximum atomic E-state index is 13.5. The zero-order valence-electron chi connectivity index (χ0n) is 17.1. The number of hydrogen-bond donors (Lipinski definition) is 1. The second-order valence-corrected chi connectivity index (χ2v) is 7.40. The molecule has 7 heteroatoms. The molecule has 1 N–H and O–H groups in total. The standard InChI is InChI=1S/C25H19NO6/c1-30-19-11-5-3-9-17(19)22-21(23(27)20-13-15-7-2-4-10-18(15)32-20)24(28)25(29)26(22)14-16-8-6-12-31-16/h2-13,22,28H,14H2,1H3. The van der Waals surface area contributed by atoms with Gasteiger partial charge in [0.15, 0.2) is 11.5 Å². The van der Waals surface area contributed by atoms with Crippen molar-refractivity contribution in [2.75, 3.05) is 7.11 Å². The molecule has 0 bridgehead atoms. The molecule has 2 aromatic carbocycles. The van der Waals surface area contributed by atoms with E-state index in [2.05, 4.69) is 0 Å². The van der Waals surface area contributed by atoms with Gasteiger partial charge in [0.1, 0.15) is 17.1 Å². The Balaban J connectivity index is 1.64. The van der Waals surface area contributed by atoms with Gasteiger partial charge in [0.2, 0.25) is 5.78 Å². The van der Waals surface area contributed by atoms with E-state index in [0.29, 0.717) is 22.7 Å². The molecule has 1 atom stereocenters. The van der Waals surface area contributed by atoms with Crippen LogP contribution in [0.15, 0.2) is 93.2 Å². The molecule has 7 nitrogen and oxygen atoms in total. The monoisotopic (exact) mass is 429 g/mol. The summed E-state index contributed by atoms with van der Waals surface area (Å²) in [6, 6.07) is 18.5. The number of hydrogen-bond acceptors (Lipinski definition) is 6. The number of benzene rings is 2. The molecule has 1 aliphatic rings. The number of amides is 1. The minimum absolute atomic E-state index is 0.0419. The number of aliphatic hydroxyl groups excluding tert-OH is 1. The molecule has 5 rings (SSSR count). The molecule has 1 unspecified atom stereocenters. The molecule has 4 aromatic rings. The molecule has 2 aromatic heterocycles. The number of ketones is 1. The molecular formula is C25H19NO6. The van der Waals surface area contributed by atoms with Crippen molar-refractivity contribution in [3.05, 3.63) is 101 Å². The van der Waals surface area contributed by atoms with E-state index in [4.69, 9.17) is 13.6 Å². The Morgan fingerprint density at radius 3 is 2.62 bits per heavy atom. The fourth-order valence-corrected chi connectivity index (χ4v) is 4.06. The molecule has 160 valence electrons. The summed E-state index contributed by atoms with van der Waals surface area (Å²) in [6.45, 7) is 0.0650. The van der Waals surface area contributed by atoms with Gasteiger partial charge in [-0.1, -0.05) is 36.4 Å². The Bertz CT molecular complexity index is 1310. The van der Waals surface area contributed by atoms with Crippen molar-refractivity contribution in [1.29, 1.82) is 0 Å². The average Bonchev–Trinajstić information content (AvgIpc) is 3.54. The molecule has 0 radical (unpaired) electrons. The number of furan rings is 2. The number of carbonyl (C=O) groups excluding carboxylic acids is 2. The number of carbonyl (C=O) groups is 2. The lowest BCUT2D eigenvalue weighted by Gasteiger charge is -2.27. The van der Waals surface area contributed by atoms with Crippen LogP contribution in [0.25, 0.3) is 11.0 Å². The molecule has 3 heterocycles. The van der Waals surface area contributed by atoms with Crippen molar-refractivity contribution in [1.82, 2.24) is 4.90 Å². The van der Waals surface area contributed by atoms with Crippen molar-refractivity contribution in [2.45, 2.75) is 12.6 Å². The molecule has 0 aliphatic carbocycles. The lowest BCUT2D eigenvalue weighted by molar-refractivity contribution is -0.130. The Labute approximate surface area is 183 Å². The predicted molar refractivity (Wildman–Crippen MR) is 115 cm³/mol. The van der Waals surface area contributed by atoms with Gasteiger partial charge in [-0.25, -0.2) is 0 Å². The van der Waals surface area contributed by atoms with Crippen molar-refractivity contribution in [3.63, 3.8) is 0 Å². The summed E-state index contributed by atoms with van der Waals surface area (Å²) >= 11 is 0. The van der Waals surface area contributed by atoms with Crippen LogP contribution in [0.3, 0.4) is 0 Å². The molecular weight excluding hydrogens is 410 g/mol. The quantitative estimate of drug-likeness (QED) is 0.442. The third kappa shape index (κ3) is 3.15. The largest absolute Gasteiger partial charge is 0.503 e. The number of Topliss-reactive ketones (excluding diaryl/α,β-unsaturated/α-hetero) is 1. The number of aliphatic hydroxyl groups is 1. The van der Waals surface area contributed by atoms with Gasteiger partial charge in [-0.2, -0.15) is 0 Å². The van der Waals surface area contributed by atoms with E-state index in [0.717, 1.165) is 5.39 Å². The van der Waals surface area contributed by atoms with Gasteiger partial charge in [0.25, 0.3) is 5.91 Å². The third-order valence-corrected chi connectivity index (χ3v) is 5.54. The van der Waals surface area contributed by atoms with E-state index >= 15 is 0 Å². The minimum atomic E-state index is -0.885. The Morgan fingerprint density at radius 1 is 1.09 bits per heavy atom. The first kappa shape index (κ1) is 19.7. The SMILES string of the molecule is COc1ccccc1C1C(C(=O)c2cc3ccccc3o2)=C(O)C(=O)N1Cc1ccco1.